The first-order valence-electron chi connectivity index (χ1n) is 8.19. The van der Waals surface area contributed by atoms with E-state index in [1.54, 1.807) is 0 Å². The molecular formula is C19H18FN3O3S. The molecule has 0 bridgehead atoms. The van der Waals surface area contributed by atoms with E-state index in [4.69, 9.17) is 9.47 Å². The molecule has 27 heavy (non-hydrogen) atoms. The minimum Gasteiger partial charge on any atom is -0.486 e. The number of carbonyl (C=O) groups is 1. The van der Waals surface area contributed by atoms with Crippen LogP contribution in [0.3, 0.4) is 0 Å². The van der Waals surface area contributed by atoms with Crippen LogP contribution in [0.15, 0.2) is 42.5 Å². The highest BCUT2D eigenvalue weighted by molar-refractivity contribution is 7.15. The molecule has 1 amide bonds. The standard InChI is InChI=1S/C19H18FN3O3S/c1-12-7-13(2)9-16(8-12)26-11-18-22-23-19(27-18)21-17(24)10-25-15-5-3-14(20)4-6-15/h3-9H,10-11H2,1-2H3,(H,21,23,24). The topological polar surface area (TPSA) is 73.3 Å². The number of aromatic nitrogens is 2. The van der Waals surface area contributed by atoms with Crippen molar-refractivity contribution in [3.8, 4) is 11.5 Å². The number of benzene rings is 2. The molecule has 0 aliphatic heterocycles. The quantitative estimate of drug-likeness (QED) is 0.666. The third kappa shape index (κ3) is 5.75. The van der Waals surface area contributed by atoms with Gasteiger partial charge in [-0.1, -0.05) is 17.4 Å². The second-order valence-electron chi connectivity index (χ2n) is 5.90. The van der Waals surface area contributed by atoms with Crippen molar-refractivity contribution in [3.63, 3.8) is 0 Å². The van der Waals surface area contributed by atoms with Gasteiger partial charge in [-0.25, -0.2) is 4.39 Å². The summed E-state index contributed by atoms with van der Waals surface area (Å²) < 4.78 is 23.8. The van der Waals surface area contributed by atoms with E-state index in [9.17, 15) is 9.18 Å². The number of ether oxygens (including phenoxy) is 2. The van der Waals surface area contributed by atoms with Gasteiger partial charge in [-0.2, -0.15) is 0 Å². The summed E-state index contributed by atoms with van der Waals surface area (Å²) in [6, 6.07) is 11.4. The summed E-state index contributed by atoms with van der Waals surface area (Å²) >= 11 is 1.23. The van der Waals surface area contributed by atoms with E-state index >= 15 is 0 Å². The zero-order valence-electron chi connectivity index (χ0n) is 14.9. The highest BCUT2D eigenvalue weighted by atomic mass is 32.1. The summed E-state index contributed by atoms with van der Waals surface area (Å²) in [5, 5.41) is 11.5. The van der Waals surface area contributed by atoms with E-state index in [1.165, 1.54) is 35.6 Å². The van der Waals surface area contributed by atoms with Gasteiger partial charge in [-0.3, -0.25) is 10.1 Å². The van der Waals surface area contributed by atoms with Gasteiger partial charge in [-0.15, -0.1) is 10.2 Å². The molecule has 0 fully saturated rings. The van der Waals surface area contributed by atoms with Gasteiger partial charge < -0.3 is 9.47 Å². The molecule has 0 saturated carbocycles. The smallest absolute Gasteiger partial charge is 0.264 e. The average Bonchev–Trinajstić information content (AvgIpc) is 3.06. The number of nitrogens with zero attached hydrogens (tertiary/aromatic N) is 2. The van der Waals surface area contributed by atoms with Crippen LogP contribution in [0.2, 0.25) is 0 Å². The number of aryl methyl sites for hydroxylation is 2. The van der Waals surface area contributed by atoms with Gasteiger partial charge in [-0.05, 0) is 61.4 Å². The number of amides is 1. The zero-order chi connectivity index (χ0) is 19.2. The maximum atomic E-state index is 12.8. The summed E-state index contributed by atoms with van der Waals surface area (Å²) in [5.41, 5.74) is 2.24. The first-order valence-corrected chi connectivity index (χ1v) is 9.01. The Morgan fingerprint density at radius 1 is 1.04 bits per heavy atom. The van der Waals surface area contributed by atoms with Crippen molar-refractivity contribution in [1.82, 2.24) is 10.2 Å². The molecule has 140 valence electrons. The predicted molar refractivity (Wildman–Crippen MR) is 101 cm³/mol. The Morgan fingerprint density at radius 3 is 2.44 bits per heavy atom. The third-order valence-corrected chi connectivity index (χ3v) is 4.27. The third-order valence-electron chi connectivity index (χ3n) is 3.45. The van der Waals surface area contributed by atoms with Crippen LogP contribution < -0.4 is 14.8 Å². The summed E-state index contributed by atoms with van der Waals surface area (Å²) in [7, 11) is 0. The molecule has 0 radical (unpaired) electrons. The van der Waals surface area contributed by atoms with Crippen molar-refractivity contribution in [3.05, 3.63) is 64.4 Å². The number of halogens is 1. The lowest BCUT2D eigenvalue weighted by atomic mass is 10.1. The molecule has 6 nitrogen and oxygen atoms in total. The molecule has 0 aliphatic carbocycles. The van der Waals surface area contributed by atoms with Gasteiger partial charge in [0.25, 0.3) is 5.91 Å². The number of nitrogens with one attached hydrogen (secondary N) is 1. The molecule has 1 aromatic heterocycles. The lowest BCUT2D eigenvalue weighted by molar-refractivity contribution is -0.118. The number of hydrogen-bond acceptors (Lipinski definition) is 6. The molecule has 0 aliphatic rings. The molecule has 0 atom stereocenters. The second kappa shape index (κ2) is 8.59. The largest absolute Gasteiger partial charge is 0.486 e. The van der Waals surface area contributed by atoms with Crippen molar-refractivity contribution < 1.29 is 18.7 Å². The molecule has 1 N–H and O–H groups in total. The van der Waals surface area contributed by atoms with E-state index in [1.807, 2.05) is 26.0 Å². The Labute approximate surface area is 160 Å². The Kier molecular flexibility index (Phi) is 5.97. The van der Waals surface area contributed by atoms with E-state index in [2.05, 4.69) is 21.6 Å². The maximum Gasteiger partial charge on any atom is 0.264 e. The van der Waals surface area contributed by atoms with Gasteiger partial charge in [0.1, 0.15) is 23.9 Å². The fourth-order valence-electron chi connectivity index (χ4n) is 2.36. The van der Waals surface area contributed by atoms with Gasteiger partial charge >= 0.3 is 0 Å². The van der Waals surface area contributed by atoms with Crippen LogP contribution in [0, 0.1) is 19.7 Å². The molecule has 0 saturated heterocycles. The van der Waals surface area contributed by atoms with Crippen molar-refractivity contribution in [1.29, 1.82) is 0 Å². The highest BCUT2D eigenvalue weighted by Crippen LogP contribution is 2.20. The number of anilines is 1. The molecule has 8 heteroatoms. The van der Waals surface area contributed by atoms with Crippen LogP contribution in [0.25, 0.3) is 0 Å². The first kappa shape index (κ1) is 18.8. The maximum absolute atomic E-state index is 12.8. The lowest BCUT2D eigenvalue weighted by Crippen LogP contribution is -2.20. The van der Waals surface area contributed by atoms with E-state index in [-0.39, 0.29) is 24.9 Å². The van der Waals surface area contributed by atoms with Crippen LogP contribution in [0.5, 0.6) is 11.5 Å². The van der Waals surface area contributed by atoms with Gasteiger partial charge in [0.05, 0.1) is 0 Å². The van der Waals surface area contributed by atoms with Crippen molar-refractivity contribution >= 4 is 22.4 Å². The van der Waals surface area contributed by atoms with Gasteiger partial charge in [0.15, 0.2) is 11.6 Å². The monoisotopic (exact) mass is 387 g/mol. The zero-order valence-corrected chi connectivity index (χ0v) is 15.7. The number of carbonyl (C=O) groups excluding carboxylic acids is 1. The van der Waals surface area contributed by atoms with E-state index in [0.29, 0.717) is 15.9 Å². The summed E-state index contributed by atoms with van der Waals surface area (Å²) in [6.07, 6.45) is 0. The van der Waals surface area contributed by atoms with E-state index in [0.717, 1.165) is 16.9 Å². The molecule has 0 unspecified atom stereocenters. The van der Waals surface area contributed by atoms with Gasteiger partial charge in [0.2, 0.25) is 5.13 Å². The Morgan fingerprint density at radius 2 is 1.74 bits per heavy atom. The van der Waals surface area contributed by atoms with Crippen LogP contribution in [0.4, 0.5) is 9.52 Å². The first-order chi connectivity index (χ1) is 13.0. The van der Waals surface area contributed by atoms with Gasteiger partial charge in [0, 0.05) is 0 Å². The van der Waals surface area contributed by atoms with E-state index < -0.39 is 0 Å². The summed E-state index contributed by atoms with van der Waals surface area (Å²) in [5.74, 6) is 0.431. The number of rotatable bonds is 7. The fourth-order valence-corrected chi connectivity index (χ4v) is 3.03. The molecule has 1 heterocycles. The summed E-state index contributed by atoms with van der Waals surface area (Å²) in [4.78, 5) is 11.9. The van der Waals surface area contributed by atoms with Crippen molar-refractivity contribution in [2.24, 2.45) is 0 Å². The normalized spacial score (nSPS) is 10.5. The second-order valence-corrected chi connectivity index (χ2v) is 6.97. The van der Waals surface area contributed by atoms with Crippen LogP contribution >= 0.6 is 11.3 Å². The highest BCUT2D eigenvalue weighted by Gasteiger charge is 2.10. The summed E-state index contributed by atoms with van der Waals surface area (Å²) in [6.45, 7) is 4.07. The molecule has 2 aromatic carbocycles. The molecule has 0 spiro atoms. The average molecular weight is 387 g/mol. The van der Waals surface area contributed by atoms with Crippen LogP contribution in [-0.2, 0) is 11.4 Å². The van der Waals surface area contributed by atoms with Crippen molar-refractivity contribution in [2.45, 2.75) is 20.5 Å². The Balaban J connectivity index is 1.48. The predicted octanol–water partition coefficient (Wildman–Crippen LogP) is 3.89. The number of hydrogen-bond donors (Lipinski definition) is 1. The Bertz CT molecular complexity index is 908. The van der Waals surface area contributed by atoms with Crippen molar-refractivity contribution in [2.75, 3.05) is 11.9 Å². The molecule has 3 aromatic rings. The minimum atomic E-state index is -0.378. The SMILES string of the molecule is Cc1cc(C)cc(OCc2nnc(NC(=O)COc3ccc(F)cc3)s2)c1. The fraction of sp³-hybridized carbons (Fsp3) is 0.211. The molecular weight excluding hydrogens is 369 g/mol. The Hall–Kier alpha value is -3.00. The van der Waals surface area contributed by atoms with Crippen LogP contribution in [0.1, 0.15) is 16.1 Å². The minimum absolute atomic E-state index is 0.209. The molecule has 3 rings (SSSR count). The lowest BCUT2D eigenvalue weighted by Gasteiger charge is -2.06. The van der Waals surface area contributed by atoms with Crippen LogP contribution in [-0.4, -0.2) is 22.7 Å².